The van der Waals surface area contributed by atoms with Crippen LogP contribution in [0.25, 0.3) is 0 Å². The third-order valence-corrected chi connectivity index (χ3v) is 4.24. The first-order valence-electron chi connectivity index (χ1n) is 8.00. The summed E-state index contributed by atoms with van der Waals surface area (Å²) in [4.78, 5) is 23.8. The number of carbonyl (C=O) groups excluding carboxylic acids is 1. The van der Waals surface area contributed by atoms with Crippen LogP contribution in [0.5, 0.6) is 11.5 Å². The summed E-state index contributed by atoms with van der Waals surface area (Å²) >= 11 is 0. The number of amides is 1. The van der Waals surface area contributed by atoms with Crippen LogP contribution in [-0.2, 0) is 11.3 Å². The number of hydrogen-bond acceptors (Lipinski definition) is 4. The van der Waals surface area contributed by atoms with Crippen molar-refractivity contribution in [3.8, 4) is 11.5 Å². The van der Waals surface area contributed by atoms with E-state index in [9.17, 15) is 14.7 Å². The number of carbonyl (C=O) groups is 2. The first kappa shape index (κ1) is 16.8. The van der Waals surface area contributed by atoms with Crippen molar-refractivity contribution in [1.29, 1.82) is 0 Å². The molecule has 1 amide bonds. The van der Waals surface area contributed by atoms with E-state index in [1.54, 1.807) is 12.1 Å². The smallest absolute Gasteiger partial charge is 0.339 e. The molecule has 3 rings (SSSR count). The van der Waals surface area contributed by atoms with Gasteiger partial charge in [0, 0.05) is 12.1 Å². The van der Waals surface area contributed by atoms with E-state index in [-0.39, 0.29) is 23.9 Å². The summed E-state index contributed by atoms with van der Waals surface area (Å²) in [6, 6.07) is 12.4. The summed E-state index contributed by atoms with van der Waals surface area (Å²) in [5.74, 6) is -0.388. The van der Waals surface area contributed by atoms with Crippen LogP contribution in [0, 0.1) is 0 Å². The van der Waals surface area contributed by atoms with Gasteiger partial charge in [0.2, 0.25) is 5.91 Å². The Bertz CT molecular complexity index is 802. The average Bonchev–Trinajstić information content (AvgIpc) is 2.65. The SMILES string of the molecule is COc1ccc(CNC(=O)[C@H]2CCOc3ccccc32)cc1C(=O)O. The van der Waals surface area contributed by atoms with Crippen LogP contribution in [-0.4, -0.2) is 30.7 Å². The van der Waals surface area contributed by atoms with Gasteiger partial charge in [-0.15, -0.1) is 0 Å². The minimum absolute atomic E-state index is 0.0747. The molecule has 1 aliphatic heterocycles. The molecule has 0 radical (unpaired) electrons. The Morgan fingerprint density at radius 1 is 1.28 bits per heavy atom. The molecule has 1 aliphatic rings. The summed E-state index contributed by atoms with van der Waals surface area (Å²) in [7, 11) is 1.42. The van der Waals surface area contributed by atoms with Crippen molar-refractivity contribution in [3.63, 3.8) is 0 Å². The topological polar surface area (TPSA) is 84.9 Å². The number of nitrogens with one attached hydrogen (secondary N) is 1. The fourth-order valence-corrected chi connectivity index (χ4v) is 2.96. The van der Waals surface area contributed by atoms with Crippen molar-refractivity contribution in [1.82, 2.24) is 5.32 Å². The summed E-state index contributed by atoms with van der Waals surface area (Å²) in [6.45, 7) is 0.753. The molecule has 0 aromatic heterocycles. The van der Waals surface area contributed by atoms with Crippen molar-refractivity contribution in [2.45, 2.75) is 18.9 Å². The predicted molar refractivity (Wildman–Crippen MR) is 91.1 cm³/mol. The van der Waals surface area contributed by atoms with E-state index in [2.05, 4.69) is 5.32 Å². The molecule has 1 heterocycles. The third kappa shape index (κ3) is 3.57. The maximum atomic E-state index is 12.6. The van der Waals surface area contributed by atoms with Crippen molar-refractivity contribution < 1.29 is 24.2 Å². The number of hydrogen-bond donors (Lipinski definition) is 2. The number of methoxy groups -OCH3 is 1. The molecule has 25 heavy (non-hydrogen) atoms. The summed E-state index contributed by atoms with van der Waals surface area (Å²) in [6.07, 6.45) is 0.617. The van der Waals surface area contributed by atoms with Crippen molar-refractivity contribution in [3.05, 3.63) is 59.2 Å². The second kappa shape index (κ2) is 7.25. The number of fused-ring (bicyclic) bond motifs is 1. The first-order chi connectivity index (χ1) is 12.1. The lowest BCUT2D eigenvalue weighted by atomic mass is 9.92. The minimum Gasteiger partial charge on any atom is -0.496 e. The van der Waals surface area contributed by atoms with Gasteiger partial charge < -0.3 is 19.9 Å². The molecular formula is C19H19NO5. The van der Waals surface area contributed by atoms with Gasteiger partial charge in [0.1, 0.15) is 17.1 Å². The van der Waals surface area contributed by atoms with Gasteiger partial charge in [-0.05, 0) is 30.2 Å². The van der Waals surface area contributed by atoms with Crippen LogP contribution < -0.4 is 14.8 Å². The number of carboxylic acid groups (broad SMARTS) is 1. The summed E-state index contributed by atoms with van der Waals surface area (Å²) in [5, 5.41) is 12.1. The third-order valence-electron chi connectivity index (χ3n) is 4.24. The van der Waals surface area contributed by atoms with Gasteiger partial charge in [0.05, 0.1) is 19.6 Å². The lowest BCUT2D eigenvalue weighted by Crippen LogP contribution is -2.32. The van der Waals surface area contributed by atoms with Crippen molar-refractivity contribution in [2.24, 2.45) is 0 Å². The van der Waals surface area contributed by atoms with E-state index in [4.69, 9.17) is 9.47 Å². The van der Waals surface area contributed by atoms with Crippen molar-refractivity contribution >= 4 is 11.9 Å². The van der Waals surface area contributed by atoms with Crippen LogP contribution in [0.15, 0.2) is 42.5 Å². The Morgan fingerprint density at radius 2 is 2.08 bits per heavy atom. The molecule has 0 saturated heterocycles. The van der Waals surface area contributed by atoms with Gasteiger partial charge in [-0.1, -0.05) is 24.3 Å². The lowest BCUT2D eigenvalue weighted by molar-refractivity contribution is -0.123. The van der Waals surface area contributed by atoms with Crippen LogP contribution >= 0.6 is 0 Å². The maximum absolute atomic E-state index is 12.6. The normalized spacial score (nSPS) is 15.6. The molecule has 0 saturated carbocycles. The molecule has 0 fully saturated rings. The van der Waals surface area contributed by atoms with Crippen molar-refractivity contribution in [2.75, 3.05) is 13.7 Å². The fraction of sp³-hybridized carbons (Fsp3) is 0.263. The molecule has 0 unspecified atom stereocenters. The molecule has 2 aromatic rings. The van der Waals surface area contributed by atoms with E-state index < -0.39 is 5.97 Å². The highest BCUT2D eigenvalue weighted by Gasteiger charge is 2.27. The molecule has 130 valence electrons. The molecular weight excluding hydrogens is 322 g/mol. The molecule has 0 bridgehead atoms. The molecule has 6 heteroatoms. The van der Waals surface area contributed by atoms with E-state index in [0.717, 1.165) is 11.3 Å². The number of ether oxygens (including phenoxy) is 2. The fourth-order valence-electron chi connectivity index (χ4n) is 2.96. The second-order valence-corrected chi connectivity index (χ2v) is 5.79. The monoisotopic (exact) mass is 341 g/mol. The van der Waals surface area contributed by atoms with Gasteiger partial charge in [-0.2, -0.15) is 0 Å². The van der Waals surface area contributed by atoms with Gasteiger partial charge >= 0.3 is 5.97 Å². The molecule has 1 atom stereocenters. The lowest BCUT2D eigenvalue weighted by Gasteiger charge is -2.25. The highest BCUT2D eigenvalue weighted by Crippen LogP contribution is 2.33. The second-order valence-electron chi connectivity index (χ2n) is 5.79. The van der Waals surface area contributed by atoms with E-state index in [1.807, 2.05) is 24.3 Å². The molecule has 0 aliphatic carbocycles. The largest absolute Gasteiger partial charge is 0.496 e. The molecule has 2 N–H and O–H groups in total. The summed E-state index contributed by atoms with van der Waals surface area (Å²) in [5.41, 5.74) is 1.66. The zero-order chi connectivity index (χ0) is 17.8. The molecule has 2 aromatic carbocycles. The standard InChI is InChI=1S/C19H19NO5/c1-24-16-7-6-12(10-15(16)19(22)23)11-20-18(21)14-8-9-25-17-5-3-2-4-13(14)17/h2-7,10,14H,8-9,11H2,1H3,(H,20,21)(H,22,23)/t14-/m0/s1. The molecule has 6 nitrogen and oxygen atoms in total. The number of benzene rings is 2. The van der Waals surface area contributed by atoms with Gasteiger partial charge in [-0.25, -0.2) is 4.79 Å². The van der Waals surface area contributed by atoms with Gasteiger partial charge in [0.25, 0.3) is 0 Å². The Balaban J connectivity index is 1.71. The van der Waals surface area contributed by atoms with Crippen LogP contribution in [0.4, 0.5) is 0 Å². The van der Waals surface area contributed by atoms with E-state index >= 15 is 0 Å². The van der Waals surface area contributed by atoms with Crippen LogP contribution in [0.3, 0.4) is 0 Å². The average molecular weight is 341 g/mol. The number of carboxylic acids is 1. The van der Waals surface area contributed by atoms with E-state index in [1.165, 1.54) is 13.2 Å². The quantitative estimate of drug-likeness (QED) is 0.873. The van der Waals surface area contributed by atoms with Crippen LogP contribution in [0.1, 0.15) is 33.8 Å². The molecule has 0 spiro atoms. The first-order valence-corrected chi connectivity index (χ1v) is 8.00. The Hall–Kier alpha value is -3.02. The summed E-state index contributed by atoms with van der Waals surface area (Å²) < 4.78 is 10.6. The maximum Gasteiger partial charge on any atom is 0.339 e. The Labute approximate surface area is 145 Å². The minimum atomic E-state index is -1.07. The number of rotatable bonds is 5. The van der Waals surface area contributed by atoms with Gasteiger partial charge in [0.15, 0.2) is 0 Å². The van der Waals surface area contributed by atoms with Gasteiger partial charge in [-0.3, -0.25) is 4.79 Å². The Morgan fingerprint density at radius 3 is 2.84 bits per heavy atom. The zero-order valence-corrected chi connectivity index (χ0v) is 13.8. The zero-order valence-electron chi connectivity index (χ0n) is 13.8. The van der Waals surface area contributed by atoms with E-state index in [0.29, 0.717) is 24.3 Å². The highest BCUT2D eigenvalue weighted by atomic mass is 16.5. The highest BCUT2D eigenvalue weighted by molar-refractivity contribution is 5.91. The number of para-hydroxylation sites is 1. The Kier molecular flexibility index (Phi) is 4.88. The number of aromatic carboxylic acids is 1. The predicted octanol–water partition coefficient (Wildman–Crippen LogP) is 2.58. The van der Waals surface area contributed by atoms with Crippen LogP contribution in [0.2, 0.25) is 0 Å².